The summed E-state index contributed by atoms with van der Waals surface area (Å²) in [6.07, 6.45) is -0.155. The summed E-state index contributed by atoms with van der Waals surface area (Å²) in [5.74, 6) is -1.39. The number of ether oxygens (including phenoxy) is 1. The van der Waals surface area contributed by atoms with Gasteiger partial charge in [0.05, 0.1) is 0 Å². The molecule has 0 aromatic carbocycles. The first kappa shape index (κ1) is 14.5. The Morgan fingerprint density at radius 1 is 1.50 bits per heavy atom. The van der Waals surface area contributed by atoms with E-state index in [2.05, 4.69) is 4.98 Å². The van der Waals surface area contributed by atoms with Crippen LogP contribution >= 0.6 is 0 Å². The van der Waals surface area contributed by atoms with Gasteiger partial charge in [-0.15, -0.1) is 0 Å². The highest BCUT2D eigenvalue weighted by atomic mass is 19.1. The number of aromatic nitrogens is 1. The molecule has 18 heavy (non-hydrogen) atoms. The zero-order chi connectivity index (χ0) is 13.9. The standard InChI is InChI=1S/C12H17FN2O3/c1-12(2,3)18-11(17)9(14)10(16)7-4-5-8(13)15-6-7/h4-6,9-10,16H,14H2,1-3H3/t9-,10-/m1/s1. The number of carbonyl (C=O) groups excluding carboxylic acids is 1. The van der Waals surface area contributed by atoms with E-state index in [0.29, 0.717) is 0 Å². The summed E-state index contributed by atoms with van der Waals surface area (Å²) in [5, 5.41) is 9.86. The molecule has 3 N–H and O–H groups in total. The number of hydrogen-bond donors (Lipinski definition) is 2. The summed E-state index contributed by atoms with van der Waals surface area (Å²) in [6, 6.07) is 1.16. The second-order valence-corrected chi connectivity index (χ2v) is 4.92. The van der Waals surface area contributed by atoms with E-state index in [-0.39, 0.29) is 5.56 Å². The minimum Gasteiger partial charge on any atom is -0.459 e. The molecule has 0 amide bonds. The van der Waals surface area contributed by atoms with Crippen molar-refractivity contribution in [3.8, 4) is 0 Å². The third-order valence-electron chi connectivity index (χ3n) is 2.11. The predicted octanol–water partition coefficient (Wildman–Crippen LogP) is 0.923. The summed E-state index contributed by atoms with van der Waals surface area (Å²) < 4.78 is 17.7. The Morgan fingerprint density at radius 3 is 2.56 bits per heavy atom. The fourth-order valence-corrected chi connectivity index (χ4v) is 1.27. The molecule has 0 fully saturated rings. The Morgan fingerprint density at radius 2 is 2.11 bits per heavy atom. The fraction of sp³-hybridized carbons (Fsp3) is 0.500. The van der Waals surface area contributed by atoms with Crippen LogP contribution in [0.2, 0.25) is 0 Å². The van der Waals surface area contributed by atoms with Gasteiger partial charge in [0.2, 0.25) is 5.95 Å². The van der Waals surface area contributed by atoms with Crippen LogP contribution in [0.25, 0.3) is 0 Å². The number of nitrogens with two attached hydrogens (primary N) is 1. The van der Waals surface area contributed by atoms with Crippen molar-refractivity contribution in [2.75, 3.05) is 0 Å². The number of pyridine rings is 1. The molecule has 2 atom stereocenters. The highest BCUT2D eigenvalue weighted by molar-refractivity contribution is 5.76. The van der Waals surface area contributed by atoms with E-state index in [1.807, 2.05) is 0 Å². The van der Waals surface area contributed by atoms with Gasteiger partial charge in [-0.1, -0.05) is 6.07 Å². The predicted molar refractivity (Wildman–Crippen MR) is 63.0 cm³/mol. The van der Waals surface area contributed by atoms with E-state index in [1.54, 1.807) is 20.8 Å². The van der Waals surface area contributed by atoms with Crippen LogP contribution in [0.15, 0.2) is 18.3 Å². The van der Waals surface area contributed by atoms with E-state index < -0.39 is 29.7 Å². The molecular weight excluding hydrogens is 239 g/mol. The van der Waals surface area contributed by atoms with Crippen molar-refractivity contribution < 1.29 is 19.0 Å². The van der Waals surface area contributed by atoms with Gasteiger partial charge in [0, 0.05) is 11.8 Å². The lowest BCUT2D eigenvalue weighted by molar-refractivity contribution is -0.159. The van der Waals surface area contributed by atoms with Crippen molar-refractivity contribution in [3.05, 3.63) is 29.8 Å². The Hall–Kier alpha value is -1.53. The maximum atomic E-state index is 12.6. The van der Waals surface area contributed by atoms with Crippen LogP contribution in [0, 0.1) is 5.95 Å². The molecule has 0 radical (unpaired) electrons. The van der Waals surface area contributed by atoms with E-state index in [1.165, 1.54) is 6.07 Å². The molecule has 0 spiro atoms. The summed E-state index contributed by atoms with van der Waals surface area (Å²) in [4.78, 5) is 15.0. The molecule has 0 bridgehead atoms. The van der Waals surface area contributed by atoms with Crippen molar-refractivity contribution in [3.63, 3.8) is 0 Å². The maximum Gasteiger partial charge on any atom is 0.326 e. The van der Waals surface area contributed by atoms with Gasteiger partial charge >= 0.3 is 5.97 Å². The number of halogens is 1. The van der Waals surface area contributed by atoms with Gasteiger partial charge in [-0.2, -0.15) is 4.39 Å². The molecule has 0 unspecified atom stereocenters. The molecule has 1 heterocycles. The molecule has 1 rings (SSSR count). The van der Waals surface area contributed by atoms with Crippen LogP contribution in [0.5, 0.6) is 0 Å². The Kier molecular flexibility index (Phi) is 4.37. The molecule has 100 valence electrons. The topological polar surface area (TPSA) is 85.4 Å². The van der Waals surface area contributed by atoms with Crippen molar-refractivity contribution in [2.24, 2.45) is 5.73 Å². The van der Waals surface area contributed by atoms with Crippen LogP contribution < -0.4 is 5.73 Å². The van der Waals surface area contributed by atoms with Crippen molar-refractivity contribution in [1.29, 1.82) is 0 Å². The van der Waals surface area contributed by atoms with Gasteiger partial charge in [-0.25, -0.2) is 4.98 Å². The van der Waals surface area contributed by atoms with Crippen LogP contribution in [0.3, 0.4) is 0 Å². The summed E-state index contributed by atoms with van der Waals surface area (Å²) in [5.41, 5.74) is 5.17. The first-order valence-corrected chi connectivity index (χ1v) is 5.48. The SMILES string of the molecule is CC(C)(C)OC(=O)[C@H](N)[C@H](O)c1ccc(F)nc1. The molecule has 0 saturated heterocycles. The van der Waals surface area contributed by atoms with Gasteiger partial charge in [0.1, 0.15) is 17.7 Å². The van der Waals surface area contributed by atoms with Crippen LogP contribution in [0.4, 0.5) is 4.39 Å². The van der Waals surface area contributed by atoms with Gasteiger partial charge in [-0.3, -0.25) is 4.79 Å². The molecule has 0 aliphatic rings. The first-order valence-electron chi connectivity index (χ1n) is 5.48. The average molecular weight is 256 g/mol. The van der Waals surface area contributed by atoms with Crippen LogP contribution in [0.1, 0.15) is 32.4 Å². The third-order valence-corrected chi connectivity index (χ3v) is 2.11. The van der Waals surface area contributed by atoms with Gasteiger partial charge < -0.3 is 15.6 Å². The fourth-order valence-electron chi connectivity index (χ4n) is 1.27. The summed E-state index contributed by atoms with van der Waals surface area (Å²) in [6.45, 7) is 5.09. The normalized spacial score (nSPS) is 15.0. The zero-order valence-electron chi connectivity index (χ0n) is 10.6. The van der Waals surface area contributed by atoms with Gasteiger partial charge in [-0.05, 0) is 26.8 Å². The van der Waals surface area contributed by atoms with Crippen LogP contribution in [-0.2, 0) is 9.53 Å². The minimum absolute atomic E-state index is 0.259. The lowest BCUT2D eigenvalue weighted by Gasteiger charge is -2.24. The highest BCUT2D eigenvalue weighted by Crippen LogP contribution is 2.18. The monoisotopic (exact) mass is 256 g/mol. The first-order chi connectivity index (χ1) is 8.20. The zero-order valence-corrected chi connectivity index (χ0v) is 10.6. The summed E-state index contributed by atoms with van der Waals surface area (Å²) in [7, 11) is 0. The van der Waals surface area contributed by atoms with Crippen molar-refractivity contribution >= 4 is 5.97 Å². The molecule has 0 saturated carbocycles. The molecule has 1 aromatic rings. The number of rotatable bonds is 3. The highest BCUT2D eigenvalue weighted by Gasteiger charge is 2.29. The van der Waals surface area contributed by atoms with Crippen molar-refractivity contribution in [1.82, 2.24) is 4.98 Å². The summed E-state index contributed by atoms with van der Waals surface area (Å²) >= 11 is 0. The van der Waals surface area contributed by atoms with E-state index >= 15 is 0 Å². The Bertz CT molecular complexity index is 414. The van der Waals surface area contributed by atoms with Crippen molar-refractivity contribution in [2.45, 2.75) is 38.5 Å². The molecule has 1 aromatic heterocycles. The molecular formula is C12H17FN2O3. The largest absolute Gasteiger partial charge is 0.459 e. The minimum atomic E-state index is -1.28. The van der Waals surface area contributed by atoms with Gasteiger partial charge in [0.15, 0.2) is 0 Å². The lowest BCUT2D eigenvalue weighted by Crippen LogP contribution is -2.41. The van der Waals surface area contributed by atoms with Crippen LogP contribution in [-0.4, -0.2) is 27.7 Å². The molecule has 0 aliphatic heterocycles. The third kappa shape index (κ3) is 4.05. The quantitative estimate of drug-likeness (QED) is 0.620. The van der Waals surface area contributed by atoms with E-state index in [0.717, 1.165) is 12.3 Å². The molecule has 5 nitrogen and oxygen atoms in total. The molecule has 6 heteroatoms. The number of hydrogen-bond acceptors (Lipinski definition) is 5. The average Bonchev–Trinajstić information content (AvgIpc) is 2.26. The lowest BCUT2D eigenvalue weighted by atomic mass is 10.0. The maximum absolute atomic E-state index is 12.6. The number of aliphatic hydroxyl groups excluding tert-OH is 1. The number of aliphatic hydroxyl groups is 1. The van der Waals surface area contributed by atoms with Gasteiger partial charge in [0.25, 0.3) is 0 Å². The van der Waals surface area contributed by atoms with E-state index in [9.17, 15) is 14.3 Å². The second-order valence-electron chi connectivity index (χ2n) is 4.92. The number of esters is 1. The Labute approximate surface area is 105 Å². The van der Waals surface area contributed by atoms with E-state index in [4.69, 9.17) is 10.5 Å². The number of carbonyl (C=O) groups is 1. The molecule has 0 aliphatic carbocycles. The second kappa shape index (κ2) is 5.41. The Balaban J connectivity index is 2.74. The number of nitrogens with zero attached hydrogens (tertiary/aromatic N) is 1. The smallest absolute Gasteiger partial charge is 0.326 e.